The highest BCUT2D eigenvalue weighted by atomic mass is 16.7. The average molecular weight is 328 g/mol. The molecule has 1 aliphatic rings. The summed E-state index contributed by atoms with van der Waals surface area (Å²) in [7, 11) is 2.92. The molecule has 1 unspecified atom stereocenters. The van der Waals surface area contributed by atoms with Crippen molar-refractivity contribution < 1.29 is 23.7 Å². The summed E-state index contributed by atoms with van der Waals surface area (Å²) in [5, 5.41) is 0. The minimum absolute atomic E-state index is 0.194. The molecule has 2 aromatic rings. The van der Waals surface area contributed by atoms with Gasteiger partial charge in [0.1, 0.15) is 18.5 Å². The minimum atomic E-state index is -1.47. The third kappa shape index (κ3) is 3.33. The Bertz CT molecular complexity index is 673. The van der Waals surface area contributed by atoms with E-state index in [4.69, 9.17) is 18.9 Å². The zero-order valence-corrected chi connectivity index (χ0v) is 13.7. The number of Topliss-reactive ketones (excluding diaryl/α,β-unsaturated/α-hetero) is 1. The van der Waals surface area contributed by atoms with E-state index in [1.165, 1.54) is 14.2 Å². The quantitative estimate of drug-likeness (QED) is 0.424. The van der Waals surface area contributed by atoms with Crippen molar-refractivity contribution in [2.75, 3.05) is 27.4 Å². The van der Waals surface area contributed by atoms with Gasteiger partial charge in [0.15, 0.2) is 0 Å². The molecule has 24 heavy (non-hydrogen) atoms. The Morgan fingerprint density at radius 3 is 2.25 bits per heavy atom. The number of ether oxygens (including phenoxy) is 4. The van der Waals surface area contributed by atoms with Gasteiger partial charge in [-0.1, -0.05) is 30.3 Å². The summed E-state index contributed by atoms with van der Waals surface area (Å²) in [6.45, 7) is 1.27. The van der Waals surface area contributed by atoms with Crippen LogP contribution < -0.4 is 4.74 Å². The number of methoxy groups -OCH3 is 2. The standard InChI is InChI=1S/C19H20O5/c1-21-19(22-2,15-6-4-3-5-7-15)18(20)14-8-10-16(11-9-14)23-12-17-13-24-17/h3-11,17H,12-13H2,1-2H3. The van der Waals surface area contributed by atoms with Gasteiger partial charge in [0.2, 0.25) is 5.78 Å². The van der Waals surface area contributed by atoms with Crippen LogP contribution in [0.25, 0.3) is 0 Å². The second kappa shape index (κ2) is 7.13. The van der Waals surface area contributed by atoms with E-state index in [0.29, 0.717) is 23.5 Å². The molecule has 1 atom stereocenters. The van der Waals surface area contributed by atoms with Gasteiger partial charge in [0.05, 0.1) is 6.61 Å². The third-order valence-corrected chi connectivity index (χ3v) is 3.98. The monoisotopic (exact) mass is 328 g/mol. The van der Waals surface area contributed by atoms with Crippen LogP contribution in [0.2, 0.25) is 0 Å². The summed E-state index contributed by atoms with van der Waals surface area (Å²) < 4.78 is 21.7. The molecule has 0 aliphatic carbocycles. The second-order valence-corrected chi connectivity index (χ2v) is 5.51. The van der Waals surface area contributed by atoms with Crippen molar-refractivity contribution in [2.24, 2.45) is 0 Å². The average Bonchev–Trinajstić information content (AvgIpc) is 3.47. The molecule has 0 amide bonds. The van der Waals surface area contributed by atoms with E-state index in [0.717, 1.165) is 6.61 Å². The second-order valence-electron chi connectivity index (χ2n) is 5.51. The van der Waals surface area contributed by atoms with Gasteiger partial charge in [0, 0.05) is 25.3 Å². The van der Waals surface area contributed by atoms with Gasteiger partial charge in [0.25, 0.3) is 5.79 Å². The molecule has 0 radical (unpaired) electrons. The molecule has 0 N–H and O–H groups in total. The van der Waals surface area contributed by atoms with Crippen LogP contribution in [0.3, 0.4) is 0 Å². The number of epoxide rings is 1. The van der Waals surface area contributed by atoms with Gasteiger partial charge in [-0.05, 0) is 24.3 Å². The Balaban J connectivity index is 1.81. The van der Waals surface area contributed by atoms with Crippen LogP contribution in [0.4, 0.5) is 0 Å². The van der Waals surface area contributed by atoms with Crippen LogP contribution in [0, 0.1) is 0 Å². The molecule has 3 rings (SSSR count). The van der Waals surface area contributed by atoms with Gasteiger partial charge in [-0.2, -0.15) is 0 Å². The Labute approximate surface area is 141 Å². The summed E-state index contributed by atoms with van der Waals surface area (Å²) in [5.74, 6) is -1.04. The van der Waals surface area contributed by atoms with Gasteiger partial charge < -0.3 is 18.9 Å². The molecule has 5 nitrogen and oxygen atoms in total. The number of carbonyl (C=O) groups is 1. The molecule has 0 bridgehead atoms. The predicted octanol–water partition coefficient (Wildman–Crippen LogP) is 2.79. The lowest BCUT2D eigenvalue weighted by molar-refractivity contribution is -0.176. The van der Waals surface area contributed by atoms with Crippen molar-refractivity contribution in [3.63, 3.8) is 0 Å². The Hall–Kier alpha value is -2.21. The number of ketones is 1. The van der Waals surface area contributed by atoms with E-state index in [1.807, 2.05) is 18.2 Å². The fourth-order valence-electron chi connectivity index (χ4n) is 2.54. The smallest absolute Gasteiger partial charge is 0.260 e. The molecule has 1 aliphatic heterocycles. The molecular weight excluding hydrogens is 308 g/mol. The highest BCUT2D eigenvalue weighted by Crippen LogP contribution is 2.31. The molecule has 2 aromatic carbocycles. The van der Waals surface area contributed by atoms with Crippen LogP contribution in [-0.4, -0.2) is 39.3 Å². The largest absolute Gasteiger partial charge is 0.491 e. The van der Waals surface area contributed by atoms with Crippen molar-refractivity contribution in [3.05, 3.63) is 65.7 Å². The molecule has 0 saturated carbocycles. The third-order valence-electron chi connectivity index (χ3n) is 3.98. The summed E-state index contributed by atoms with van der Waals surface area (Å²) >= 11 is 0. The fraction of sp³-hybridized carbons (Fsp3) is 0.316. The highest BCUT2D eigenvalue weighted by Gasteiger charge is 2.41. The lowest BCUT2D eigenvalue weighted by atomic mass is 9.96. The van der Waals surface area contributed by atoms with E-state index in [1.54, 1.807) is 36.4 Å². The Morgan fingerprint density at radius 1 is 1.08 bits per heavy atom. The molecular formula is C19H20O5. The first kappa shape index (κ1) is 16.6. The number of rotatable bonds is 8. The first-order valence-corrected chi connectivity index (χ1v) is 7.74. The van der Waals surface area contributed by atoms with Crippen LogP contribution in [0.15, 0.2) is 54.6 Å². The maximum absolute atomic E-state index is 13.0. The number of carbonyl (C=O) groups excluding carboxylic acids is 1. The Kier molecular flexibility index (Phi) is 4.94. The van der Waals surface area contributed by atoms with E-state index in [-0.39, 0.29) is 11.9 Å². The molecule has 126 valence electrons. The minimum Gasteiger partial charge on any atom is -0.491 e. The lowest BCUT2D eigenvalue weighted by Gasteiger charge is -2.29. The molecule has 1 fully saturated rings. The van der Waals surface area contributed by atoms with Crippen LogP contribution in [0.1, 0.15) is 15.9 Å². The van der Waals surface area contributed by atoms with E-state index in [2.05, 4.69) is 0 Å². The van der Waals surface area contributed by atoms with Gasteiger partial charge in [-0.15, -0.1) is 0 Å². The van der Waals surface area contributed by atoms with Crippen molar-refractivity contribution in [3.8, 4) is 5.75 Å². The van der Waals surface area contributed by atoms with Crippen molar-refractivity contribution in [2.45, 2.75) is 11.9 Å². The summed E-state index contributed by atoms with van der Waals surface area (Å²) in [6, 6.07) is 16.1. The molecule has 1 heterocycles. The zero-order chi connectivity index (χ0) is 17.0. The predicted molar refractivity (Wildman–Crippen MR) is 88.1 cm³/mol. The molecule has 1 saturated heterocycles. The molecule has 5 heteroatoms. The topological polar surface area (TPSA) is 57.3 Å². The van der Waals surface area contributed by atoms with Crippen molar-refractivity contribution >= 4 is 5.78 Å². The number of hydrogen-bond acceptors (Lipinski definition) is 5. The van der Waals surface area contributed by atoms with E-state index in [9.17, 15) is 4.79 Å². The number of hydrogen-bond donors (Lipinski definition) is 0. The van der Waals surface area contributed by atoms with Crippen molar-refractivity contribution in [1.29, 1.82) is 0 Å². The first-order chi connectivity index (χ1) is 11.7. The normalized spacial score (nSPS) is 16.7. The summed E-state index contributed by atoms with van der Waals surface area (Å²) in [6.07, 6.45) is 0.194. The van der Waals surface area contributed by atoms with Crippen molar-refractivity contribution in [1.82, 2.24) is 0 Å². The highest BCUT2D eigenvalue weighted by molar-refractivity contribution is 6.02. The van der Waals surface area contributed by atoms with E-state index < -0.39 is 5.79 Å². The van der Waals surface area contributed by atoms with Crippen LogP contribution in [0.5, 0.6) is 5.75 Å². The maximum Gasteiger partial charge on any atom is 0.260 e. The summed E-state index contributed by atoms with van der Waals surface area (Å²) in [4.78, 5) is 13.0. The van der Waals surface area contributed by atoms with Gasteiger partial charge >= 0.3 is 0 Å². The van der Waals surface area contributed by atoms with Crippen LogP contribution in [-0.2, 0) is 20.0 Å². The zero-order valence-electron chi connectivity index (χ0n) is 13.7. The lowest BCUT2D eigenvalue weighted by Crippen LogP contribution is -2.39. The number of benzene rings is 2. The van der Waals surface area contributed by atoms with Gasteiger partial charge in [-0.3, -0.25) is 4.79 Å². The fourth-order valence-corrected chi connectivity index (χ4v) is 2.54. The van der Waals surface area contributed by atoms with Gasteiger partial charge in [-0.25, -0.2) is 0 Å². The molecule has 0 aromatic heterocycles. The van der Waals surface area contributed by atoms with E-state index >= 15 is 0 Å². The summed E-state index contributed by atoms with van der Waals surface area (Å²) in [5.41, 5.74) is 1.13. The SMILES string of the molecule is COC(OC)(C(=O)c1ccc(OCC2CO2)cc1)c1ccccc1. The first-order valence-electron chi connectivity index (χ1n) is 7.74. The molecule has 0 spiro atoms. The van der Waals surface area contributed by atoms with Crippen LogP contribution >= 0.6 is 0 Å². The maximum atomic E-state index is 13.0. The Morgan fingerprint density at radius 2 is 1.71 bits per heavy atom.